The van der Waals surface area contributed by atoms with Crippen LogP contribution in [0.1, 0.15) is 29.0 Å². The quantitative estimate of drug-likeness (QED) is 0.265. The third-order valence-electron chi connectivity index (χ3n) is 3.97. The van der Waals surface area contributed by atoms with E-state index < -0.39 is 0 Å². The Morgan fingerprint density at radius 2 is 1.96 bits per heavy atom. The molecule has 0 aliphatic rings. The van der Waals surface area contributed by atoms with Gasteiger partial charge in [-0.25, -0.2) is 4.99 Å². The number of aliphatic imine (C=N–C) groups is 1. The molecule has 7 nitrogen and oxygen atoms in total. The summed E-state index contributed by atoms with van der Waals surface area (Å²) in [5, 5.41) is 7.08. The molecule has 1 heterocycles. The number of ether oxygens (including phenoxy) is 2. The molecule has 0 spiro atoms. The average Bonchev–Trinajstić information content (AvgIpc) is 2.94. The first kappa shape index (κ1) is 22.1. The Balaban J connectivity index is 0.00000338. The summed E-state index contributed by atoms with van der Waals surface area (Å²) in [5.41, 5.74) is 9.04. The first-order valence-corrected chi connectivity index (χ1v) is 8.21. The van der Waals surface area contributed by atoms with Gasteiger partial charge in [0.25, 0.3) is 0 Å². The average molecular weight is 474 g/mol. The summed E-state index contributed by atoms with van der Waals surface area (Å²) in [7, 11) is 3.22. The maximum atomic E-state index is 5.92. The van der Waals surface area contributed by atoms with Crippen molar-refractivity contribution in [3.8, 4) is 11.5 Å². The molecule has 0 radical (unpaired) electrons. The summed E-state index contributed by atoms with van der Waals surface area (Å²) in [6, 6.07) is 5.69. The third kappa shape index (κ3) is 6.08. The fraction of sp³-hybridized carbons (Fsp3) is 0.444. The number of rotatable bonds is 8. The van der Waals surface area contributed by atoms with Crippen molar-refractivity contribution in [3.63, 3.8) is 0 Å². The minimum absolute atomic E-state index is 0. The second-order valence-corrected chi connectivity index (χ2v) is 5.72. The second-order valence-electron chi connectivity index (χ2n) is 5.72. The first-order chi connectivity index (χ1) is 12.0. The SMILES string of the molecule is COc1ccc(CN=C(N)NCCCc2c(C)noc2C)cc1OC.I. The van der Waals surface area contributed by atoms with Crippen molar-refractivity contribution in [2.75, 3.05) is 20.8 Å². The van der Waals surface area contributed by atoms with Crippen LogP contribution in [0.2, 0.25) is 0 Å². The maximum Gasteiger partial charge on any atom is 0.188 e. The van der Waals surface area contributed by atoms with Crippen LogP contribution in [-0.2, 0) is 13.0 Å². The van der Waals surface area contributed by atoms with E-state index in [9.17, 15) is 0 Å². The standard InChI is InChI=1S/C18H26N4O3.HI/c1-12-15(13(2)25-22-12)6-5-9-20-18(19)21-11-14-7-8-16(23-3)17(10-14)24-4;/h7-8,10H,5-6,9,11H2,1-4H3,(H3,19,20,21);1H. The van der Waals surface area contributed by atoms with Crippen molar-refractivity contribution in [3.05, 3.63) is 40.8 Å². The van der Waals surface area contributed by atoms with Crippen molar-refractivity contribution in [2.24, 2.45) is 10.7 Å². The van der Waals surface area contributed by atoms with E-state index in [4.69, 9.17) is 19.7 Å². The summed E-state index contributed by atoms with van der Waals surface area (Å²) in [4.78, 5) is 4.35. The molecule has 0 fully saturated rings. The van der Waals surface area contributed by atoms with Gasteiger partial charge in [0.05, 0.1) is 26.5 Å². The number of nitrogens with zero attached hydrogens (tertiary/aromatic N) is 2. The molecule has 2 aromatic rings. The predicted molar refractivity (Wildman–Crippen MR) is 113 cm³/mol. The Bertz CT molecular complexity index is 712. The molecule has 1 aromatic heterocycles. The normalized spacial score (nSPS) is 11.0. The molecule has 1 aromatic carbocycles. The third-order valence-corrected chi connectivity index (χ3v) is 3.97. The lowest BCUT2D eigenvalue weighted by atomic mass is 10.1. The monoisotopic (exact) mass is 474 g/mol. The van der Waals surface area contributed by atoms with Crippen molar-refractivity contribution < 1.29 is 14.0 Å². The Kier molecular flexibility index (Phi) is 9.25. The number of nitrogens with one attached hydrogen (secondary N) is 1. The largest absolute Gasteiger partial charge is 0.493 e. The molecular formula is C18H27IN4O3. The van der Waals surface area contributed by atoms with E-state index in [-0.39, 0.29) is 24.0 Å². The Labute approximate surface area is 171 Å². The topological polar surface area (TPSA) is 94.9 Å². The molecule has 26 heavy (non-hydrogen) atoms. The van der Waals surface area contributed by atoms with Gasteiger partial charge in [-0.1, -0.05) is 11.2 Å². The molecule has 0 saturated heterocycles. The highest BCUT2D eigenvalue weighted by Crippen LogP contribution is 2.27. The number of nitrogens with two attached hydrogens (primary N) is 1. The van der Waals surface area contributed by atoms with Crippen LogP contribution in [0.25, 0.3) is 0 Å². The number of aryl methyl sites for hydroxylation is 2. The van der Waals surface area contributed by atoms with Gasteiger partial charge in [-0.2, -0.15) is 0 Å². The number of halogens is 1. The van der Waals surface area contributed by atoms with E-state index in [0.717, 1.165) is 36.4 Å². The molecular weight excluding hydrogens is 447 g/mol. The van der Waals surface area contributed by atoms with Crippen molar-refractivity contribution in [2.45, 2.75) is 33.2 Å². The smallest absolute Gasteiger partial charge is 0.188 e. The van der Waals surface area contributed by atoms with Gasteiger partial charge in [0.15, 0.2) is 17.5 Å². The number of benzene rings is 1. The fourth-order valence-corrected chi connectivity index (χ4v) is 2.55. The zero-order valence-electron chi connectivity index (χ0n) is 15.7. The summed E-state index contributed by atoms with van der Waals surface area (Å²) >= 11 is 0. The van der Waals surface area contributed by atoms with Gasteiger partial charge < -0.3 is 25.0 Å². The minimum atomic E-state index is 0. The van der Waals surface area contributed by atoms with Crippen LogP contribution in [0.3, 0.4) is 0 Å². The lowest BCUT2D eigenvalue weighted by molar-refractivity contribution is 0.354. The van der Waals surface area contributed by atoms with E-state index in [1.165, 1.54) is 5.56 Å². The predicted octanol–water partition coefficient (Wildman–Crippen LogP) is 2.96. The molecule has 0 unspecified atom stereocenters. The summed E-state index contributed by atoms with van der Waals surface area (Å²) in [5.74, 6) is 2.68. The molecule has 2 rings (SSSR count). The highest BCUT2D eigenvalue weighted by molar-refractivity contribution is 14.0. The van der Waals surface area contributed by atoms with Crippen LogP contribution in [0.15, 0.2) is 27.7 Å². The van der Waals surface area contributed by atoms with Crippen molar-refractivity contribution >= 4 is 29.9 Å². The number of guanidine groups is 1. The van der Waals surface area contributed by atoms with Gasteiger partial charge in [0.1, 0.15) is 5.76 Å². The maximum absolute atomic E-state index is 5.92. The molecule has 0 aliphatic carbocycles. The van der Waals surface area contributed by atoms with E-state index in [1.54, 1.807) is 14.2 Å². The van der Waals surface area contributed by atoms with Gasteiger partial charge in [-0.3, -0.25) is 0 Å². The minimum Gasteiger partial charge on any atom is -0.493 e. The lowest BCUT2D eigenvalue weighted by Crippen LogP contribution is -2.32. The van der Waals surface area contributed by atoms with Gasteiger partial charge in [-0.05, 0) is 44.4 Å². The number of aromatic nitrogens is 1. The van der Waals surface area contributed by atoms with E-state index in [0.29, 0.717) is 24.0 Å². The number of hydrogen-bond acceptors (Lipinski definition) is 5. The van der Waals surface area contributed by atoms with E-state index >= 15 is 0 Å². The van der Waals surface area contributed by atoms with Gasteiger partial charge in [-0.15, -0.1) is 24.0 Å². The van der Waals surface area contributed by atoms with Crippen LogP contribution >= 0.6 is 24.0 Å². The first-order valence-electron chi connectivity index (χ1n) is 8.21. The zero-order chi connectivity index (χ0) is 18.2. The molecule has 0 aliphatic heterocycles. The van der Waals surface area contributed by atoms with E-state index in [1.807, 2.05) is 32.0 Å². The van der Waals surface area contributed by atoms with E-state index in [2.05, 4.69) is 15.5 Å². The molecule has 0 atom stereocenters. The molecule has 0 amide bonds. The van der Waals surface area contributed by atoms with Crippen molar-refractivity contribution in [1.82, 2.24) is 10.5 Å². The fourth-order valence-electron chi connectivity index (χ4n) is 2.55. The Morgan fingerprint density at radius 3 is 2.58 bits per heavy atom. The van der Waals surface area contributed by atoms with Crippen LogP contribution < -0.4 is 20.5 Å². The highest BCUT2D eigenvalue weighted by atomic mass is 127. The molecule has 3 N–H and O–H groups in total. The van der Waals surface area contributed by atoms with Gasteiger partial charge in [0.2, 0.25) is 0 Å². The summed E-state index contributed by atoms with van der Waals surface area (Å²) < 4.78 is 15.7. The molecule has 0 saturated carbocycles. The second kappa shape index (κ2) is 10.9. The number of methoxy groups -OCH3 is 2. The Hall–Kier alpha value is -1.97. The van der Waals surface area contributed by atoms with Gasteiger partial charge >= 0.3 is 0 Å². The van der Waals surface area contributed by atoms with Crippen LogP contribution in [0, 0.1) is 13.8 Å². The van der Waals surface area contributed by atoms with Crippen LogP contribution in [0.5, 0.6) is 11.5 Å². The van der Waals surface area contributed by atoms with Crippen LogP contribution in [-0.4, -0.2) is 31.9 Å². The van der Waals surface area contributed by atoms with Gasteiger partial charge in [0, 0.05) is 12.1 Å². The molecule has 8 heteroatoms. The summed E-state index contributed by atoms with van der Waals surface area (Å²) in [6.45, 7) is 5.11. The molecule has 144 valence electrons. The molecule has 0 bridgehead atoms. The van der Waals surface area contributed by atoms with Crippen molar-refractivity contribution in [1.29, 1.82) is 0 Å². The van der Waals surface area contributed by atoms with Crippen LogP contribution in [0.4, 0.5) is 0 Å². The lowest BCUT2D eigenvalue weighted by Gasteiger charge is -2.09. The number of hydrogen-bond donors (Lipinski definition) is 2. The zero-order valence-corrected chi connectivity index (χ0v) is 18.0. The highest BCUT2D eigenvalue weighted by Gasteiger charge is 2.08. The Morgan fingerprint density at radius 1 is 1.23 bits per heavy atom. The summed E-state index contributed by atoms with van der Waals surface area (Å²) in [6.07, 6.45) is 1.83.